The lowest BCUT2D eigenvalue weighted by Gasteiger charge is -2.11. The molecule has 1 aromatic rings. The van der Waals surface area contributed by atoms with Crippen LogP contribution < -0.4 is 0 Å². The number of benzene rings is 1. The third-order valence-corrected chi connectivity index (χ3v) is 2.92. The summed E-state index contributed by atoms with van der Waals surface area (Å²) in [4.78, 5) is 0. The van der Waals surface area contributed by atoms with Crippen LogP contribution in [-0.2, 0) is 6.42 Å². The van der Waals surface area contributed by atoms with Crippen LogP contribution in [0.5, 0.6) is 0 Å². The molecule has 1 N–H and O–H groups in total. The smallest absolute Gasteiger partial charge is 0.0581 e. The van der Waals surface area contributed by atoms with Crippen LogP contribution in [0.4, 0.5) is 0 Å². The van der Waals surface area contributed by atoms with Crippen LogP contribution in [0.15, 0.2) is 18.2 Å². The largest absolute Gasteiger partial charge is 0.393 e. The van der Waals surface area contributed by atoms with Crippen LogP contribution in [0.25, 0.3) is 0 Å². The highest BCUT2D eigenvalue weighted by Gasteiger charge is 2.08. The van der Waals surface area contributed by atoms with Gasteiger partial charge in [0.15, 0.2) is 0 Å². The monoisotopic (exact) mass is 256 g/mol. The van der Waals surface area contributed by atoms with Gasteiger partial charge in [0.2, 0.25) is 0 Å². The average Bonchev–Trinajstić information content (AvgIpc) is 2.23. The molecule has 0 fully saturated rings. The predicted molar refractivity (Wildman–Crippen MR) is 68.9 cm³/mol. The Balaban J connectivity index is 2.50. The summed E-state index contributed by atoms with van der Waals surface area (Å²) in [6.45, 7) is 0. The van der Waals surface area contributed by atoms with E-state index in [-0.39, 0.29) is 0 Å². The molecule has 3 heteroatoms. The Labute approximate surface area is 106 Å². The normalized spacial score (nSPS) is 12.1. The van der Waals surface area contributed by atoms with Gasteiger partial charge < -0.3 is 5.11 Å². The van der Waals surface area contributed by atoms with E-state index in [9.17, 15) is 5.11 Å². The number of halogens is 2. The summed E-state index contributed by atoms with van der Waals surface area (Å²) in [5, 5.41) is 11.0. The summed E-state index contributed by atoms with van der Waals surface area (Å²) >= 11 is 11.8. The fourth-order valence-corrected chi connectivity index (χ4v) is 1.97. The number of hydrogen-bond acceptors (Lipinski definition) is 1. The molecule has 0 aliphatic heterocycles. The van der Waals surface area contributed by atoms with E-state index in [1.54, 1.807) is 12.1 Å². The molecule has 86 valence electrons. The Morgan fingerprint density at radius 2 is 2.12 bits per heavy atom. The fraction of sp³-hybridized carbons (Fsp3) is 0.385. The molecule has 0 aliphatic carbocycles. The first-order chi connectivity index (χ1) is 7.63. The van der Waals surface area contributed by atoms with Crippen molar-refractivity contribution in [1.82, 2.24) is 0 Å². The van der Waals surface area contributed by atoms with Gasteiger partial charge in [-0.05, 0) is 37.0 Å². The number of unbranched alkanes of at least 4 members (excludes halogenated alkanes) is 1. The van der Waals surface area contributed by atoms with Crippen molar-refractivity contribution in [2.45, 2.75) is 31.8 Å². The minimum atomic E-state index is -0.396. The van der Waals surface area contributed by atoms with Gasteiger partial charge in [0, 0.05) is 16.5 Å². The van der Waals surface area contributed by atoms with E-state index in [1.165, 1.54) is 0 Å². The quantitative estimate of drug-likeness (QED) is 0.629. The molecule has 0 saturated heterocycles. The van der Waals surface area contributed by atoms with Crippen molar-refractivity contribution in [2.75, 3.05) is 0 Å². The average molecular weight is 257 g/mol. The molecule has 1 unspecified atom stereocenters. The topological polar surface area (TPSA) is 20.2 Å². The van der Waals surface area contributed by atoms with Gasteiger partial charge >= 0.3 is 0 Å². The van der Waals surface area contributed by atoms with Crippen LogP contribution in [0.1, 0.15) is 24.8 Å². The van der Waals surface area contributed by atoms with Gasteiger partial charge in [-0.2, -0.15) is 0 Å². The van der Waals surface area contributed by atoms with E-state index in [2.05, 4.69) is 5.92 Å². The van der Waals surface area contributed by atoms with Gasteiger partial charge in [0.1, 0.15) is 0 Å². The summed E-state index contributed by atoms with van der Waals surface area (Å²) in [7, 11) is 0. The molecule has 0 amide bonds. The second-order valence-electron chi connectivity index (χ2n) is 3.69. The van der Waals surface area contributed by atoms with Crippen molar-refractivity contribution in [3.05, 3.63) is 33.8 Å². The second kappa shape index (κ2) is 6.81. The van der Waals surface area contributed by atoms with Crippen LogP contribution in [0.2, 0.25) is 10.0 Å². The van der Waals surface area contributed by atoms with Crippen molar-refractivity contribution in [3.63, 3.8) is 0 Å². The molecule has 1 atom stereocenters. The molecule has 0 heterocycles. The van der Waals surface area contributed by atoms with Crippen LogP contribution in [0.3, 0.4) is 0 Å². The Morgan fingerprint density at radius 3 is 2.75 bits per heavy atom. The lowest BCUT2D eigenvalue weighted by Crippen LogP contribution is -2.10. The third-order valence-electron chi connectivity index (χ3n) is 2.33. The fourth-order valence-electron chi connectivity index (χ4n) is 1.48. The van der Waals surface area contributed by atoms with Crippen LogP contribution in [0, 0.1) is 12.3 Å². The molecular formula is C13H14Cl2O. The summed E-state index contributed by atoms with van der Waals surface area (Å²) < 4.78 is 0. The van der Waals surface area contributed by atoms with Gasteiger partial charge in [-0.25, -0.2) is 0 Å². The highest BCUT2D eigenvalue weighted by Crippen LogP contribution is 2.22. The molecule has 0 radical (unpaired) electrons. The van der Waals surface area contributed by atoms with Crippen LogP contribution in [-0.4, -0.2) is 11.2 Å². The zero-order valence-electron chi connectivity index (χ0n) is 8.92. The van der Waals surface area contributed by atoms with E-state index in [1.807, 2.05) is 6.07 Å². The second-order valence-corrected chi connectivity index (χ2v) is 4.53. The first-order valence-corrected chi connectivity index (χ1v) is 5.94. The number of terminal acetylenes is 1. The molecule has 1 rings (SSSR count). The Bertz CT molecular complexity index is 382. The minimum absolute atomic E-state index is 0.396. The maximum absolute atomic E-state index is 9.76. The lowest BCUT2D eigenvalue weighted by molar-refractivity contribution is 0.162. The highest BCUT2D eigenvalue weighted by atomic mass is 35.5. The predicted octanol–water partition coefficient (Wildman–Crippen LogP) is 3.70. The van der Waals surface area contributed by atoms with Gasteiger partial charge in [-0.1, -0.05) is 29.3 Å². The molecule has 1 nitrogen and oxygen atoms in total. The van der Waals surface area contributed by atoms with Crippen molar-refractivity contribution in [1.29, 1.82) is 0 Å². The summed E-state index contributed by atoms with van der Waals surface area (Å²) in [5.74, 6) is 2.55. The van der Waals surface area contributed by atoms with Crippen molar-refractivity contribution < 1.29 is 5.11 Å². The summed E-state index contributed by atoms with van der Waals surface area (Å²) in [6, 6.07) is 5.30. The Kier molecular flexibility index (Phi) is 5.69. The Morgan fingerprint density at radius 1 is 1.38 bits per heavy atom. The third kappa shape index (κ3) is 4.45. The van der Waals surface area contributed by atoms with Crippen molar-refractivity contribution in [3.8, 4) is 12.3 Å². The SMILES string of the molecule is C#CCCCC(O)Cc1ccc(Cl)cc1Cl. The van der Waals surface area contributed by atoms with E-state index in [4.69, 9.17) is 29.6 Å². The van der Waals surface area contributed by atoms with E-state index < -0.39 is 6.10 Å². The zero-order chi connectivity index (χ0) is 12.0. The molecule has 16 heavy (non-hydrogen) atoms. The standard InChI is InChI=1S/C13H14Cl2O/c1-2-3-4-5-12(16)8-10-6-7-11(14)9-13(10)15/h1,6-7,9,12,16H,3-5,8H2. The van der Waals surface area contributed by atoms with Crippen LogP contribution >= 0.6 is 23.2 Å². The first kappa shape index (κ1) is 13.4. The van der Waals surface area contributed by atoms with Crippen molar-refractivity contribution in [2.24, 2.45) is 0 Å². The molecule has 0 bridgehead atoms. The minimum Gasteiger partial charge on any atom is -0.393 e. The lowest BCUT2D eigenvalue weighted by atomic mass is 10.0. The van der Waals surface area contributed by atoms with E-state index in [0.29, 0.717) is 29.3 Å². The number of aliphatic hydroxyl groups is 1. The highest BCUT2D eigenvalue weighted by molar-refractivity contribution is 6.35. The van der Waals surface area contributed by atoms with Gasteiger partial charge in [-0.3, -0.25) is 0 Å². The summed E-state index contributed by atoms with van der Waals surface area (Å²) in [6.07, 6.45) is 7.52. The van der Waals surface area contributed by atoms with E-state index in [0.717, 1.165) is 12.0 Å². The van der Waals surface area contributed by atoms with E-state index >= 15 is 0 Å². The number of rotatable bonds is 5. The molecule has 0 spiro atoms. The maximum Gasteiger partial charge on any atom is 0.0581 e. The van der Waals surface area contributed by atoms with Gasteiger partial charge in [0.25, 0.3) is 0 Å². The van der Waals surface area contributed by atoms with Crippen molar-refractivity contribution >= 4 is 23.2 Å². The Hall–Kier alpha value is -0.680. The molecule has 0 saturated carbocycles. The molecule has 0 aliphatic rings. The zero-order valence-corrected chi connectivity index (χ0v) is 10.4. The number of hydrogen-bond donors (Lipinski definition) is 1. The first-order valence-electron chi connectivity index (χ1n) is 5.19. The summed E-state index contributed by atoms with van der Waals surface area (Å²) in [5.41, 5.74) is 0.916. The number of aliphatic hydroxyl groups excluding tert-OH is 1. The van der Waals surface area contributed by atoms with Gasteiger partial charge in [-0.15, -0.1) is 12.3 Å². The van der Waals surface area contributed by atoms with Gasteiger partial charge in [0.05, 0.1) is 6.10 Å². The maximum atomic E-state index is 9.76. The molecule has 1 aromatic carbocycles. The molecular weight excluding hydrogens is 243 g/mol. The molecule has 0 aromatic heterocycles.